The summed E-state index contributed by atoms with van der Waals surface area (Å²) in [6.07, 6.45) is 2.94. The highest BCUT2D eigenvalue weighted by molar-refractivity contribution is 5.98. The molecule has 1 fully saturated rings. The quantitative estimate of drug-likeness (QED) is 0.203. The Kier molecular flexibility index (Phi) is 9.94. The SMILES string of the molecule is CCN1CCN(c2cccc3c(O)n([C@H](CCCNC(=O)OCc4ccccc4)c4ccc(OC)c(OC)c4)cc23)CC1. The van der Waals surface area contributed by atoms with E-state index in [9.17, 15) is 9.90 Å². The van der Waals surface area contributed by atoms with Crippen molar-refractivity contribution in [3.8, 4) is 17.4 Å². The molecule has 1 atom stereocenters. The fourth-order valence-corrected chi connectivity index (χ4v) is 5.83. The molecule has 0 saturated carbocycles. The molecule has 1 saturated heterocycles. The molecular formula is C34H42N4O5. The van der Waals surface area contributed by atoms with Crippen molar-refractivity contribution in [2.24, 2.45) is 0 Å². The molecule has 0 bridgehead atoms. The maximum absolute atomic E-state index is 12.3. The molecule has 4 aromatic rings. The number of nitrogens with one attached hydrogen (secondary N) is 1. The van der Waals surface area contributed by atoms with Crippen molar-refractivity contribution >= 4 is 22.6 Å². The normalized spacial score (nSPS) is 14.4. The molecule has 5 rings (SSSR count). The lowest BCUT2D eigenvalue weighted by molar-refractivity contribution is 0.139. The van der Waals surface area contributed by atoms with Crippen LogP contribution < -0.4 is 19.7 Å². The summed E-state index contributed by atoms with van der Waals surface area (Å²) < 4.78 is 18.4. The first-order valence-electron chi connectivity index (χ1n) is 15.0. The lowest BCUT2D eigenvalue weighted by Gasteiger charge is -2.35. The van der Waals surface area contributed by atoms with Crippen molar-refractivity contribution in [1.82, 2.24) is 14.8 Å². The van der Waals surface area contributed by atoms with Gasteiger partial charge in [-0.1, -0.05) is 49.4 Å². The van der Waals surface area contributed by atoms with Crippen LogP contribution in [0.25, 0.3) is 10.8 Å². The van der Waals surface area contributed by atoms with Crippen molar-refractivity contribution in [2.45, 2.75) is 32.4 Å². The van der Waals surface area contributed by atoms with Crippen LogP contribution in [-0.2, 0) is 11.3 Å². The Morgan fingerprint density at radius 2 is 1.70 bits per heavy atom. The van der Waals surface area contributed by atoms with E-state index in [1.165, 1.54) is 0 Å². The van der Waals surface area contributed by atoms with E-state index in [1.807, 2.05) is 65.2 Å². The first-order valence-corrected chi connectivity index (χ1v) is 15.0. The highest BCUT2D eigenvalue weighted by Gasteiger charge is 2.24. The van der Waals surface area contributed by atoms with E-state index in [2.05, 4.69) is 34.3 Å². The minimum Gasteiger partial charge on any atom is -0.494 e. The second kappa shape index (κ2) is 14.2. The summed E-state index contributed by atoms with van der Waals surface area (Å²) in [4.78, 5) is 17.2. The molecule has 2 heterocycles. The Hall–Kier alpha value is -4.37. The molecular weight excluding hydrogens is 544 g/mol. The van der Waals surface area contributed by atoms with Crippen molar-refractivity contribution in [1.29, 1.82) is 0 Å². The molecule has 3 aromatic carbocycles. The van der Waals surface area contributed by atoms with Gasteiger partial charge in [0.2, 0.25) is 0 Å². The molecule has 43 heavy (non-hydrogen) atoms. The number of hydrogen-bond donors (Lipinski definition) is 2. The molecule has 9 heteroatoms. The predicted octanol–water partition coefficient (Wildman–Crippen LogP) is 5.80. The minimum atomic E-state index is -0.450. The van der Waals surface area contributed by atoms with Gasteiger partial charge < -0.3 is 39.0 Å². The summed E-state index contributed by atoms with van der Waals surface area (Å²) in [5.74, 6) is 1.49. The first kappa shape index (κ1) is 30.1. The summed E-state index contributed by atoms with van der Waals surface area (Å²) in [7, 11) is 3.23. The average molecular weight is 587 g/mol. The highest BCUT2D eigenvalue weighted by Crippen LogP contribution is 2.40. The minimum absolute atomic E-state index is 0.209. The number of likely N-dealkylation sites (N-methyl/N-ethyl adjacent to an activating group) is 1. The van der Waals surface area contributed by atoms with Crippen LogP contribution in [0.4, 0.5) is 10.5 Å². The van der Waals surface area contributed by atoms with Gasteiger partial charge in [-0.05, 0) is 54.8 Å². The van der Waals surface area contributed by atoms with Crippen molar-refractivity contribution in [3.63, 3.8) is 0 Å². The third-order valence-corrected chi connectivity index (χ3v) is 8.26. The van der Waals surface area contributed by atoms with Gasteiger partial charge in [0.15, 0.2) is 17.4 Å². The average Bonchev–Trinajstić information content (AvgIpc) is 3.39. The number of amides is 1. The van der Waals surface area contributed by atoms with Crippen LogP contribution in [0.5, 0.6) is 17.4 Å². The maximum atomic E-state index is 12.3. The number of piperazine rings is 1. The van der Waals surface area contributed by atoms with Gasteiger partial charge in [0.1, 0.15) is 6.61 Å². The van der Waals surface area contributed by atoms with Crippen molar-refractivity contribution in [2.75, 3.05) is 58.4 Å². The third-order valence-electron chi connectivity index (χ3n) is 8.26. The smallest absolute Gasteiger partial charge is 0.407 e. The van der Waals surface area contributed by atoms with E-state index in [0.29, 0.717) is 30.9 Å². The summed E-state index contributed by atoms with van der Waals surface area (Å²) >= 11 is 0. The van der Waals surface area contributed by atoms with Gasteiger partial charge in [-0.2, -0.15) is 0 Å². The Balaban J connectivity index is 1.37. The van der Waals surface area contributed by atoms with Gasteiger partial charge in [0.05, 0.1) is 20.3 Å². The van der Waals surface area contributed by atoms with E-state index in [-0.39, 0.29) is 18.5 Å². The van der Waals surface area contributed by atoms with Gasteiger partial charge in [0.25, 0.3) is 0 Å². The Morgan fingerprint density at radius 3 is 2.42 bits per heavy atom. The first-order chi connectivity index (χ1) is 21.0. The molecule has 0 radical (unpaired) electrons. The maximum Gasteiger partial charge on any atom is 0.407 e. The van der Waals surface area contributed by atoms with E-state index in [4.69, 9.17) is 14.2 Å². The topological polar surface area (TPSA) is 88.4 Å². The number of rotatable bonds is 12. The zero-order valence-electron chi connectivity index (χ0n) is 25.3. The predicted molar refractivity (Wildman–Crippen MR) is 169 cm³/mol. The number of hydrogen-bond acceptors (Lipinski definition) is 7. The Labute approximate surface area is 253 Å². The van der Waals surface area contributed by atoms with Gasteiger partial charge >= 0.3 is 6.09 Å². The number of fused-ring (bicyclic) bond motifs is 1. The third kappa shape index (κ3) is 7.00. The molecule has 0 aliphatic carbocycles. The molecule has 2 N–H and O–H groups in total. The lowest BCUT2D eigenvalue weighted by Crippen LogP contribution is -2.46. The fraction of sp³-hybridized carbons (Fsp3) is 0.382. The standard InChI is InChI=1S/C34H42N4O5/c1-4-36-18-20-37(21-19-36)30-13-8-12-27-28(30)23-38(33(27)39)29(26-15-16-31(41-2)32(22-26)42-3)14-9-17-35-34(40)43-24-25-10-6-5-7-11-25/h5-8,10-13,15-16,22-23,29,39H,4,9,14,17-21,24H2,1-3H3,(H,35,40)/t29-/m1/s1. The van der Waals surface area contributed by atoms with E-state index < -0.39 is 6.09 Å². The van der Waals surface area contributed by atoms with Crippen molar-refractivity contribution in [3.05, 3.63) is 84.1 Å². The van der Waals surface area contributed by atoms with Crippen LogP contribution in [0.3, 0.4) is 0 Å². The zero-order valence-corrected chi connectivity index (χ0v) is 25.3. The number of carbonyl (C=O) groups excluding carboxylic acids is 1. The molecule has 1 aliphatic heterocycles. The molecule has 1 aliphatic rings. The van der Waals surface area contributed by atoms with Crippen molar-refractivity contribution < 1.29 is 24.1 Å². The zero-order chi connectivity index (χ0) is 30.2. The molecule has 1 amide bonds. The van der Waals surface area contributed by atoms with Crippen LogP contribution in [0, 0.1) is 0 Å². The monoisotopic (exact) mass is 586 g/mol. The Bertz CT molecular complexity index is 1500. The highest BCUT2D eigenvalue weighted by atomic mass is 16.5. The fourth-order valence-electron chi connectivity index (χ4n) is 5.83. The van der Waals surface area contributed by atoms with Crippen LogP contribution in [0.1, 0.15) is 36.9 Å². The van der Waals surface area contributed by atoms with Gasteiger partial charge in [-0.15, -0.1) is 0 Å². The molecule has 9 nitrogen and oxygen atoms in total. The summed E-state index contributed by atoms with van der Waals surface area (Å²) in [5.41, 5.74) is 3.04. The summed E-state index contributed by atoms with van der Waals surface area (Å²) in [6.45, 7) is 7.86. The van der Waals surface area contributed by atoms with Gasteiger partial charge in [-0.25, -0.2) is 4.79 Å². The van der Waals surface area contributed by atoms with Crippen LogP contribution in [-0.4, -0.2) is 74.2 Å². The second-order valence-electron chi connectivity index (χ2n) is 10.8. The number of benzene rings is 3. The summed E-state index contributed by atoms with van der Waals surface area (Å²) in [5, 5.41) is 16.3. The molecule has 0 spiro atoms. The number of aromatic hydroxyl groups is 1. The molecule has 1 aromatic heterocycles. The van der Waals surface area contributed by atoms with E-state index in [0.717, 1.165) is 60.3 Å². The van der Waals surface area contributed by atoms with E-state index >= 15 is 0 Å². The van der Waals surface area contributed by atoms with Crippen LogP contribution >= 0.6 is 0 Å². The molecule has 0 unspecified atom stereocenters. The second-order valence-corrected chi connectivity index (χ2v) is 10.8. The van der Waals surface area contributed by atoms with Gasteiger partial charge in [0, 0.05) is 55.4 Å². The largest absolute Gasteiger partial charge is 0.494 e. The number of carbonyl (C=O) groups is 1. The number of alkyl carbamates (subject to hydrolysis) is 1. The number of anilines is 1. The van der Waals surface area contributed by atoms with E-state index in [1.54, 1.807) is 14.2 Å². The summed E-state index contributed by atoms with van der Waals surface area (Å²) in [6, 6.07) is 21.4. The van der Waals surface area contributed by atoms with Crippen LogP contribution in [0.2, 0.25) is 0 Å². The number of ether oxygens (including phenoxy) is 3. The lowest BCUT2D eigenvalue weighted by atomic mass is 10.0. The number of nitrogens with zero attached hydrogens (tertiary/aromatic N) is 3. The Morgan fingerprint density at radius 1 is 0.930 bits per heavy atom. The molecule has 228 valence electrons. The van der Waals surface area contributed by atoms with Gasteiger partial charge in [-0.3, -0.25) is 0 Å². The van der Waals surface area contributed by atoms with Crippen LogP contribution in [0.15, 0.2) is 72.9 Å². The number of aromatic nitrogens is 1. The number of methoxy groups -OCH3 is 2.